The third-order valence-corrected chi connectivity index (χ3v) is 2.62. The van der Waals surface area contributed by atoms with Crippen LogP contribution in [0.25, 0.3) is 10.9 Å². The van der Waals surface area contributed by atoms with Crippen LogP contribution < -0.4 is 10.7 Å². The Morgan fingerprint density at radius 1 is 1.29 bits per heavy atom. The molecule has 1 aliphatic rings. The van der Waals surface area contributed by atoms with E-state index in [2.05, 4.69) is 10.1 Å². The van der Waals surface area contributed by atoms with Crippen LogP contribution in [0.4, 0.5) is 5.69 Å². The van der Waals surface area contributed by atoms with Crippen molar-refractivity contribution in [2.75, 3.05) is 5.01 Å². The van der Waals surface area contributed by atoms with Gasteiger partial charge in [0.1, 0.15) is 5.84 Å². The van der Waals surface area contributed by atoms with Crippen molar-refractivity contribution in [1.82, 2.24) is 4.98 Å². The Balaban J connectivity index is 2.09. The Hall–Kier alpha value is -2.43. The standard InChI is InChI=1S/C12H10N4O/c13-11-6-12(17)16(15-11)9-5-8-3-1-2-4-10(8)14-7-9/h1-5,7H,6H2,(H2,13,15). The molecule has 0 bridgehead atoms. The second-order valence-electron chi connectivity index (χ2n) is 3.86. The number of pyridine rings is 1. The van der Waals surface area contributed by atoms with E-state index in [1.165, 1.54) is 5.01 Å². The first-order valence-corrected chi connectivity index (χ1v) is 5.25. The van der Waals surface area contributed by atoms with Gasteiger partial charge in [-0.2, -0.15) is 10.1 Å². The fraction of sp³-hybridized carbons (Fsp3) is 0.0833. The molecule has 84 valence electrons. The van der Waals surface area contributed by atoms with Gasteiger partial charge >= 0.3 is 0 Å². The molecule has 3 rings (SSSR count). The maximum absolute atomic E-state index is 11.6. The third-order valence-electron chi connectivity index (χ3n) is 2.62. The average molecular weight is 226 g/mol. The number of amidine groups is 1. The van der Waals surface area contributed by atoms with Crippen LogP contribution in [0.3, 0.4) is 0 Å². The SMILES string of the molecule is NC1=NN(c2cnc3ccccc3c2)C(=O)C1. The largest absolute Gasteiger partial charge is 0.385 e. The number of aromatic nitrogens is 1. The smallest absolute Gasteiger partial charge is 0.255 e. The van der Waals surface area contributed by atoms with Crippen molar-refractivity contribution in [1.29, 1.82) is 0 Å². The van der Waals surface area contributed by atoms with Gasteiger partial charge in [0.2, 0.25) is 0 Å². The molecule has 17 heavy (non-hydrogen) atoms. The molecule has 5 heteroatoms. The van der Waals surface area contributed by atoms with Gasteiger partial charge in [-0.3, -0.25) is 9.78 Å². The van der Waals surface area contributed by atoms with Crippen LogP contribution in [0.1, 0.15) is 6.42 Å². The molecular weight excluding hydrogens is 216 g/mol. The Kier molecular flexibility index (Phi) is 2.04. The summed E-state index contributed by atoms with van der Waals surface area (Å²) in [5.41, 5.74) is 7.07. The molecule has 2 aromatic rings. The van der Waals surface area contributed by atoms with Crippen LogP contribution in [0.5, 0.6) is 0 Å². The predicted molar refractivity (Wildman–Crippen MR) is 65.5 cm³/mol. The Morgan fingerprint density at radius 2 is 2.12 bits per heavy atom. The van der Waals surface area contributed by atoms with E-state index in [1.807, 2.05) is 30.3 Å². The van der Waals surface area contributed by atoms with Crippen LogP contribution in [0.15, 0.2) is 41.6 Å². The number of fused-ring (bicyclic) bond motifs is 1. The zero-order valence-corrected chi connectivity index (χ0v) is 9.00. The molecule has 1 aliphatic heterocycles. The minimum atomic E-state index is -0.125. The van der Waals surface area contributed by atoms with Crippen molar-refractivity contribution >= 4 is 28.3 Å². The highest BCUT2D eigenvalue weighted by atomic mass is 16.2. The number of hydrazone groups is 1. The molecule has 0 spiro atoms. The number of anilines is 1. The first-order valence-electron chi connectivity index (χ1n) is 5.25. The second-order valence-corrected chi connectivity index (χ2v) is 3.86. The number of nitrogens with two attached hydrogens (primary N) is 1. The molecule has 2 N–H and O–H groups in total. The first-order chi connectivity index (χ1) is 8.24. The predicted octanol–water partition coefficient (Wildman–Crippen LogP) is 1.24. The summed E-state index contributed by atoms with van der Waals surface area (Å²) < 4.78 is 0. The molecule has 1 aromatic heterocycles. The van der Waals surface area contributed by atoms with E-state index in [1.54, 1.807) is 6.20 Å². The summed E-state index contributed by atoms with van der Waals surface area (Å²) in [4.78, 5) is 15.9. The van der Waals surface area contributed by atoms with Gasteiger partial charge in [-0.25, -0.2) is 0 Å². The fourth-order valence-electron chi connectivity index (χ4n) is 1.83. The topological polar surface area (TPSA) is 71.6 Å². The molecule has 5 nitrogen and oxygen atoms in total. The number of nitrogens with zero attached hydrogens (tertiary/aromatic N) is 3. The highest BCUT2D eigenvalue weighted by Gasteiger charge is 2.23. The minimum Gasteiger partial charge on any atom is -0.385 e. The van der Waals surface area contributed by atoms with Gasteiger partial charge in [0.05, 0.1) is 23.8 Å². The zero-order valence-electron chi connectivity index (χ0n) is 9.00. The zero-order chi connectivity index (χ0) is 11.8. The van der Waals surface area contributed by atoms with Crippen LogP contribution in [0.2, 0.25) is 0 Å². The van der Waals surface area contributed by atoms with E-state index in [0.717, 1.165) is 10.9 Å². The van der Waals surface area contributed by atoms with Crippen molar-refractivity contribution in [3.8, 4) is 0 Å². The summed E-state index contributed by atoms with van der Waals surface area (Å²) in [6.07, 6.45) is 1.80. The molecule has 1 aromatic carbocycles. The fourth-order valence-corrected chi connectivity index (χ4v) is 1.83. The second kappa shape index (κ2) is 3.55. The van der Waals surface area contributed by atoms with Crippen LogP contribution in [-0.2, 0) is 4.79 Å². The lowest BCUT2D eigenvalue weighted by atomic mass is 10.2. The van der Waals surface area contributed by atoms with E-state index in [-0.39, 0.29) is 12.3 Å². The van der Waals surface area contributed by atoms with E-state index < -0.39 is 0 Å². The summed E-state index contributed by atoms with van der Waals surface area (Å²) in [6, 6.07) is 9.59. The molecule has 0 atom stereocenters. The highest BCUT2D eigenvalue weighted by Crippen LogP contribution is 2.22. The average Bonchev–Trinajstić information content (AvgIpc) is 2.68. The molecular formula is C12H10N4O. The van der Waals surface area contributed by atoms with Crippen molar-refractivity contribution in [3.63, 3.8) is 0 Å². The number of carbonyl (C=O) groups is 1. The normalized spacial score (nSPS) is 15.4. The number of hydrogen-bond donors (Lipinski definition) is 1. The van der Waals surface area contributed by atoms with Gasteiger partial charge in [-0.1, -0.05) is 18.2 Å². The summed E-state index contributed by atoms with van der Waals surface area (Å²) in [5, 5.41) is 6.26. The number of carbonyl (C=O) groups excluding carboxylic acids is 1. The first kappa shape index (κ1) is 9.77. The summed E-state index contributed by atoms with van der Waals surface area (Å²) in [7, 11) is 0. The molecule has 0 aliphatic carbocycles. The van der Waals surface area contributed by atoms with Gasteiger partial charge in [0.15, 0.2) is 0 Å². The maximum atomic E-state index is 11.6. The van der Waals surface area contributed by atoms with E-state index in [4.69, 9.17) is 5.73 Å². The van der Waals surface area contributed by atoms with Crippen LogP contribution >= 0.6 is 0 Å². The summed E-state index contributed by atoms with van der Waals surface area (Å²) in [6.45, 7) is 0. The molecule has 0 saturated carbocycles. The van der Waals surface area contributed by atoms with E-state index in [9.17, 15) is 4.79 Å². The highest BCUT2D eigenvalue weighted by molar-refractivity contribution is 6.11. The number of amides is 1. The van der Waals surface area contributed by atoms with Crippen molar-refractivity contribution in [3.05, 3.63) is 36.5 Å². The molecule has 0 saturated heterocycles. The monoisotopic (exact) mass is 226 g/mol. The molecule has 1 amide bonds. The summed E-state index contributed by atoms with van der Waals surface area (Å²) in [5.74, 6) is 0.211. The van der Waals surface area contributed by atoms with Crippen molar-refractivity contribution < 1.29 is 4.79 Å². The van der Waals surface area contributed by atoms with E-state index in [0.29, 0.717) is 11.5 Å². The lowest BCUT2D eigenvalue weighted by Crippen LogP contribution is -2.19. The van der Waals surface area contributed by atoms with Crippen LogP contribution in [-0.4, -0.2) is 16.7 Å². The number of rotatable bonds is 1. The quantitative estimate of drug-likeness (QED) is 0.795. The molecule has 0 unspecified atom stereocenters. The lowest BCUT2D eigenvalue weighted by Gasteiger charge is -2.11. The minimum absolute atomic E-state index is 0.125. The third kappa shape index (κ3) is 1.61. The Morgan fingerprint density at radius 3 is 2.88 bits per heavy atom. The summed E-state index contributed by atoms with van der Waals surface area (Å²) >= 11 is 0. The maximum Gasteiger partial charge on any atom is 0.255 e. The van der Waals surface area contributed by atoms with E-state index >= 15 is 0 Å². The number of para-hydroxylation sites is 1. The molecule has 0 radical (unpaired) electrons. The number of benzene rings is 1. The van der Waals surface area contributed by atoms with Gasteiger partial charge in [-0.05, 0) is 12.1 Å². The van der Waals surface area contributed by atoms with Crippen molar-refractivity contribution in [2.45, 2.75) is 6.42 Å². The van der Waals surface area contributed by atoms with Gasteiger partial charge < -0.3 is 5.73 Å². The Bertz CT molecular complexity index is 635. The van der Waals surface area contributed by atoms with Crippen LogP contribution in [0, 0.1) is 0 Å². The van der Waals surface area contributed by atoms with Crippen molar-refractivity contribution in [2.24, 2.45) is 10.8 Å². The molecule has 0 fully saturated rings. The molecule has 2 heterocycles. The van der Waals surface area contributed by atoms with Gasteiger partial charge in [0.25, 0.3) is 5.91 Å². The van der Waals surface area contributed by atoms with Gasteiger partial charge in [0, 0.05) is 5.39 Å². The Labute approximate surface area is 97.5 Å². The number of hydrogen-bond acceptors (Lipinski definition) is 4. The lowest BCUT2D eigenvalue weighted by molar-refractivity contribution is -0.116. The van der Waals surface area contributed by atoms with Gasteiger partial charge in [-0.15, -0.1) is 0 Å².